The first kappa shape index (κ1) is 12.2. The lowest BCUT2D eigenvalue weighted by Gasteiger charge is -2.18. The molecule has 1 unspecified atom stereocenters. The molecular weight excluding hydrogens is 210 g/mol. The first-order chi connectivity index (χ1) is 8.15. The number of nitrogens with zero attached hydrogens (tertiary/aromatic N) is 1. The fourth-order valence-electron chi connectivity index (χ4n) is 2.12. The van der Waals surface area contributed by atoms with Crippen LogP contribution >= 0.6 is 0 Å². The zero-order valence-corrected chi connectivity index (χ0v) is 10.9. The van der Waals surface area contributed by atoms with Crippen LogP contribution in [0.1, 0.15) is 19.4 Å². The van der Waals surface area contributed by atoms with Gasteiger partial charge in [0.25, 0.3) is 0 Å². The number of benzene rings is 1. The predicted octanol–water partition coefficient (Wildman–Crippen LogP) is 3.06. The van der Waals surface area contributed by atoms with E-state index < -0.39 is 0 Å². The molecule has 17 heavy (non-hydrogen) atoms. The summed E-state index contributed by atoms with van der Waals surface area (Å²) in [5.74, 6) is 1.65. The van der Waals surface area contributed by atoms with Gasteiger partial charge in [-0.25, -0.2) is 0 Å². The Kier molecular flexibility index (Phi) is 3.85. The van der Waals surface area contributed by atoms with E-state index in [0.717, 1.165) is 18.8 Å². The van der Waals surface area contributed by atoms with Crippen molar-refractivity contribution in [2.75, 3.05) is 13.6 Å². The van der Waals surface area contributed by atoms with Crippen molar-refractivity contribution in [3.05, 3.63) is 47.7 Å². The fourth-order valence-corrected chi connectivity index (χ4v) is 2.12. The predicted molar refractivity (Wildman–Crippen MR) is 70.6 cm³/mol. The van der Waals surface area contributed by atoms with Crippen molar-refractivity contribution in [2.24, 2.45) is 5.92 Å². The maximum Gasteiger partial charge on any atom is 0.107 e. The highest BCUT2D eigenvalue weighted by molar-refractivity contribution is 5.15. The van der Waals surface area contributed by atoms with E-state index in [2.05, 4.69) is 62.2 Å². The minimum absolute atomic E-state index is 0.329. The highest BCUT2D eigenvalue weighted by Gasteiger charge is 2.21. The highest BCUT2D eigenvalue weighted by Crippen LogP contribution is 2.23. The molecule has 0 saturated heterocycles. The van der Waals surface area contributed by atoms with Crippen LogP contribution in [0.4, 0.5) is 0 Å². The van der Waals surface area contributed by atoms with Crippen molar-refractivity contribution in [2.45, 2.75) is 26.5 Å². The molecule has 0 amide bonds. The van der Waals surface area contributed by atoms with Crippen molar-refractivity contribution in [3.63, 3.8) is 0 Å². The summed E-state index contributed by atoms with van der Waals surface area (Å²) in [5, 5.41) is 0. The summed E-state index contributed by atoms with van der Waals surface area (Å²) in [6.07, 6.45) is 2.57. The molecule has 2 heteroatoms. The Morgan fingerprint density at radius 1 is 1.12 bits per heavy atom. The van der Waals surface area contributed by atoms with Gasteiger partial charge in [-0.3, -0.25) is 4.90 Å². The fraction of sp³-hybridized carbons (Fsp3) is 0.467. The third-order valence-corrected chi connectivity index (χ3v) is 3.25. The third kappa shape index (κ3) is 3.34. The van der Waals surface area contributed by atoms with Gasteiger partial charge in [-0.05, 0) is 25.6 Å². The van der Waals surface area contributed by atoms with E-state index in [1.807, 2.05) is 0 Å². The maximum atomic E-state index is 5.80. The van der Waals surface area contributed by atoms with Crippen molar-refractivity contribution in [3.8, 4) is 0 Å². The molecule has 92 valence electrons. The normalized spacial score (nSPS) is 23.6. The molecular formula is C15H21NO. The minimum Gasteiger partial charge on any atom is -0.493 e. The van der Waals surface area contributed by atoms with Gasteiger partial charge in [0.05, 0.1) is 6.54 Å². The molecule has 0 radical (unpaired) electrons. The second-order valence-corrected chi connectivity index (χ2v) is 4.97. The third-order valence-electron chi connectivity index (χ3n) is 3.25. The average molecular weight is 231 g/mol. The second-order valence-electron chi connectivity index (χ2n) is 4.97. The monoisotopic (exact) mass is 231 g/mol. The van der Waals surface area contributed by atoms with Crippen molar-refractivity contribution < 1.29 is 4.74 Å². The molecule has 0 bridgehead atoms. The van der Waals surface area contributed by atoms with Gasteiger partial charge >= 0.3 is 0 Å². The van der Waals surface area contributed by atoms with Crippen LogP contribution in [0, 0.1) is 5.92 Å². The minimum atomic E-state index is 0.329. The van der Waals surface area contributed by atoms with Gasteiger partial charge in [-0.15, -0.1) is 0 Å². The number of likely N-dealkylation sites (N-methyl/N-ethyl adjacent to an activating group) is 1. The van der Waals surface area contributed by atoms with Gasteiger partial charge < -0.3 is 4.74 Å². The molecule has 0 spiro atoms. The zero-order chi connectivity index (χ0) is 12.3. The van der Waals surface area contributed by atoms with Crippen molar-refractivity contribution >= 4 is 0 Å². The van der Waals surface area contributed by atoms with E-state index >= 15 is 0 Å². The average Bonchev–Trinajstić information content (AvgIpc) is 2.59. The van der Waals surface area contributed by atoms with E-state index in [4.69, 9.17) is 4.74 Å². The molecule has 2 atom stereocenters. The summed E-state index contributed by atoms with van der Waals surface area (Å²) in [5.41, 5.74) is 1.34. The van der Waals surface area contributed by atoms with Gasteiger partial charge in [0.2, 0.25) is 0 Å². The molecule has 2 rings (SSSR count). The number of ether oxygens (including phenoxy) is 1. The quantitative estimate of drug-likeness (QED) is 0.789. The molecule has 1 heterocycles. The van der Waals surface area contributed by atoms with Crippen LogP contribution in [0.5, 0.6) is 0 Å². The first-order valence-corrected chi connectivity index (χ1v) is 6.25. The number of hydrogen-bond donors (Lipinski definition) is 0. The van der Waals surface area contributed by atoms with Gasteiger partial charge in [0.1, 0.15) is 11.9 Å². The molecule has 0 saturated carbocycles. The summed E-state index contributed by atoms with van der Waals surface area (Å²) < 4.78 is 5.80. The van der Waals surface area contributed by atoms with Gasteiger partial charge in [0.15, 0.2) is 0 Å². The molecule has 0 aliphatic carbocycles. The van der Waals surface area contributed by atoms with E-state index in [-0.39, 0.29) is 0 Å². The molecule has 0 N–H and O–H groups in total. The van der Waals surface area contributed by atoms with Crippen LogP contribution in [0.2, 0.25) is 0 Å². The molecule has 0 fully saturated rings. The summed E-state index contributed by atoms with van der Waals surface area (Å²) >= 11 is 0. The standard InChI is InChI=1S/C15H21NO/c1-12-9-15(17-13(12)2)11-16(3)10-14-7-5-4-6-8-14/h4-9,12-13H,10-11H2,1-3H3/t12?,13-/m1/s1. The van der Waals surface area contributed by atoms with Crippen LogP contribution < -0.4 is 0 Å². The highest BCUT2D eigenvalue weighted by atomic mass is 16.5. The van der Waals surface area contributed by atoms with Gasteiger partial charge in [0, 0.05) is 12.5 Å². The van der Waals surface area contributed by atoms with E-state index in [1.54, 1.807) is 0 Å². The Hall–Kier alpha value is -1.28. The molecule has 1 aromatic rings. The summed E-state index contributed by atoms with van der Waals surface area (Å²) in [7, 11) is 2.13. The lowest BCUT2D eigenvalue weighted by Crippen LogP contribution is -2.21. The van der Waals surface area contributed by atoms with E-state index in [1.165, 1.54) is 5.56 Å². The zero-order valence-electron chi connectivity index (χ0n) is 10.9. The summed E-state index contributed by atoms with van der Waals surface area (Å²) in [6, 6.07) is 10.5. The lowest BCUT2D eigenvalue weighted by molar-refractivity contribution is 0.117. The van der Waals surface area contributed by atoms with Gasteiger partial charge in [-0.2, -0.15) is 0 Å². The summed E-state index contributed by atoms with van der Waals surface area (Å²) in [6.45, 7) is 6.19. The van der Waals surface area contributed by atoms with Crippen LogP contribution in [-0.2, 0) is 11.3 Å². The Balaban J connectivity index is 1.86. The van der Waals surface area contributed by atoms with Crippen LogP contribution in [0.15, 0.2) is 42.2 Å². The maximum absolute atomic E-state index is 5.80. The van der Waals surface area contributed by atoms with Crippen LogP contribution in [0.25, 0.3) is 0 Å². The van der Waals surface area contributed by atoms with Crippen LogP contribution in [-0.4, -0.2) is 24.6 Å². The van der Waals surface area contributed by atoms with E-state index in [9.17, 15) is 0 Å². The Morgan fingerprint density at radius 3 is 2.41 bits per heavy atom. The second kappa shape index (κ2) is 5.37. The summed E-state index contributed by atoms with van der Waals surface area (Å²) in [4.78, 5) is 2.28. The lowest BCUT2D eigenvalue weighted by atomic mass is 10.1. The van der Waals surface area contributed by atoms with Crippen LogP contribution in [0.3, 0.4) is 0 Å². The number of hydrogen-bond acceptors (Lipinski definition) is 2. The smallest absolute Gasteiger partial charge is 0.107 e. The molecule has 0 aromatic heterocycles. The Labute approximate surface area is 104 Å². The van der Waals surface area contributed by atoms with Crippen molar-refractivity contribution in [1.82, 2.24) is 4.90 Å². The SMILES string of the molecule is CC1C=C(CN(C)Cc2ccccc2)O[C@@H]1C. The molecule has 1 aromatic carbocycles. The first-order valence-electron chi connectivity index (χ1n) is 6.25. The number of rotatable bonds is 4. The van der Waals surface area contributed by atoms with Crippen molar-refractivity contribution in [1.29, 1.82) is 0 Å². The Morgan fingerprint density at radius 2 is 1.82 bits per heavy atom. The molecule has 1 aliphatic heterocycles. The van der Waals surface area contributed by atoms with Gasteiger partial charge in [-0.1, -0.05) is 37.3 Å². The largest absolute Gasteiger partial charge is 0.493 e. The Bertz CT molecular complexity index is 385. The molecule has 1 aliphatic rings. The van der Waals surface area contributed by atoms with E-state index in [0.29, 0.717) is 12.0 Å². The topological polar surface area (TPSA) is 12.5 Å². The molecule has 2 nitrogen and oxygen atoms in total.